The van der Waals surface area contributed by atoms with Gasteiger partial charge in [-0.05, 0) is 37.2 Å². The molecule has 0 unspecified atom stereocenters. The summed E-state index contributed by atoms with van der Waals surface area (Å²) in [5, 5.41) is 13.3. The van der Waals surface area contributed by atoms with Gasteiger partial charge >= 0.3 is 5.97 Å². The molecule has 1 saturated heterocycles. The zero-order valence-electron chi connectivity index (χ0n) is 19.1. The zero-order chi connectivity index (χ0) is 24.2. The van der Waals surface area contributed by atoms with Crippen molar-refractivity contribution < 1.29 is 23.8 Å². The number of aromatic nitrogens is 1. The molecule has 34 heavy (non-hydrogen) atoms. The highest BCUT2D eigenvalue weighted by atomic mass is 32.1. The lowest BCUT2D eigenvalue weighted by Gasteiger charge is -2.37. The largest absolute Gasteiger partial charge is 0.477 e. The topological polar surface area (TPSA) is 96.3 Å². The summed E-state index contributed by atoms with van der Waals surface area (Å²) in [5.41, 5.74) is -0.000925. The molecule has 2 aliphatic rings. The molecule has 9 nitrogen and oxygen atoms in total. The van der Waals surface area contributed by atoms with E-state index in [0.717, 1.165) is 12.8 Å². The van der Waals surface area contributed by atoms with E-state index in [2.05, 4.69) is 5.32 Å². The molecule has 2 aromatic rings. The number of nitrogens with zero attached hydrogens (tertiary/aromatic N) is 3. The molecule has 0 radical (unpaired) electrons. The Hall–Kier alpha value is -2.76. The number of fused-ring (bicyclic) bond motifs is 1. The first-order valence-electron chi connectivity index (χ1n) is 11.4. The van der Waals surface area contributed by atoms with Crippen LogP contribution >= 0.6 is 12.2 Å². The van der Waals surface area contributed by atoms with Crippen molar-refractivity contribution in [2.24, 2.45) is 0 Å². The summed E-state index contributed by atoms with van der Waals surface area (Å²) in [6.45, 7) is 4.59. The molecule has 1 aromatic heterocycles. The third kappa shape index (κ3) is 5.31. The number of hydrogen-bond donors (Lipinski definition) is 2. The van der Waals surface area contributed by atoms with Gasteiger partial charge in [-0.25, -0.2) is 9.18 Å². The van der Waals surface area contributed by atoms with Crippen LogP contribution in [-0.2, 0) is 9.47 Å². The molecule has 184 valence electrons. The van der Waals surface area contributed by atoms with Crippen LogP contribution in [0.4, 0.5) is 10.1 Å². The van der Waals surface area contributed by atoms with Gasteiger partial charge in [0.2, 0.25) is 5.43 Å². The van der Waals surface area contributed by atoms with Crippen molar-refractivity contribution >= 4 is 39.9 Å². The maximum atomic E-state index is 15.1. The normalized spacial score (nSPS) is 16.2. The Morgan fingerprint density at radius 3 is 2.59 bits per heavy atom. The minimum absolute atomic E-state index is 0.102. The Bertz CT molecular complexity index is 1130. The van der Waals surface area contributed by atoms with E-state index in [-0.39, 0.29) is 17.0 Å². The third-order valence-electron chi connectivity index (χ3n) is 6.13. The third-order valence-corrected chi connectivity index (χ3v) is 6.54. The summed E-state index contributed by atoms with van der Waals surface area (Å²) < 4.78 is 27.3. The van der Waals surface area contributed by atoms with Crippen LogP contribution in [0.1, 0.15) is 29.2 Å². The number of carboxylic acid groups (broad SMARTS) is 1. The van der Waals surface area contributed by atoms with E-state index in [9.17, 15) is 14.7 Å². The van der Waals surface area contributed by atoms with Gasteiger partial charge < -0.3 is 34.3 Å². The average Bonchev–Trinajstić information content (AvgIpc) is 3.67. The Morgan fingerprint density at radius 2 is 1.94 bits per heavy atom. The van der Waals surface area contributed by atoms with Crippen LogP contribution in [-0.4, -0.2) is 85.3 Å². The second-order valence-corrected chi connectivity index (χ2v) is 8.83. The quantitative estimate of drug-likeness (QED) is 0.401. The van der Waals surface area contributed by atoms with Crippen molar-refractivity contribution in [3.8, 4) is 0 Å². The number of nitrogens with one attached hydrogen (secondary N) is 1. The van der Waals surface area contributed by atoms with E-state index in [1.54, 1.807) is 13.2 Å². The molecule has 0 amide bonds. The monoisotopic (exact) mass is 492 g/mol. The molecule has 2 heterocycles. The zero-order valence-corrected chi connectivity index (χ0v) is 19.9. The van der Waals surface area contributed by atoms with E-state index < -0.39 is 17.2 Å². The molecule has 0 spiro atoms. The minimum atomic E-state index is -1.30. The SMILES string of the molecule is COCCOCCNC(=S)N1CCN(c2cc3c(cc2F)c(=O)c(C(=O)O)cn3C2CC2)CC1. The van der Waals surface area contributed by atoms with Crippen molar-refractivity contribution in [2.45, 2.75) is 18.9 Å². The summed E-state index contributed by atoms with van der Waals surface area (Å²) in [4.78, 5) is 28.2. The molecule has 2 N–H and O–H groups in total. The summed E-state index contributed by atoms with van der Waals surface area (Å²) in [6, 6.07) is 3.00. The molecule has 1 aliphatic heterocycles. The van der Waals surface area contributed by atoms with Gasteiger partial charge in [0, 0.05) is 57.5 Å². The lowest BCUT2D eigenvalue weighted by atomic mass is 10.1. The molecule has 1 saturated carbocycles. The van der Waals surface area contributed by atoms with E-state index in [1.807, 2.05) is 14.4 Å². The molecular weight excluding hydrogens is 463 g/mol. The number of benzene rings is 1. The number of ether oxygens (including phenoxy) is 2. The van der Waals surface area contributed by atoms with Crippen LogP contribution in [0.15, 0.2) is 23.1 Å². The predicted molar refractivity (Wildman–Crippen MR) is 130 cm³/mol. The first-order chi connectivity index (χ1) is 16.4. The van der Waals surface area contributed by atoms with Gasteiger partial charge in [-0.3, -0.25) is 4.79 Å². The highest BCUT2D eigenvalue weighted by molar-refractivity contribution is 7.80. The number of carbonyl (C=O) groups is 1. The molecule has 0 atom stereocenters. The van der Waals surface area contributed by atoms with E-state index in [4.69, 9.17) is 21.7 Å². The Morgan fingerprint density at radius 1 is 1.21 bits per heavy atom. The Kier molecular flexibility index (Phi) is 7.64. The van der Waals surface area contributed by atoms with Gasteiger partial charge in [0.25, 0.3) is 0 Å². The van der Waals surface area contributed by atoms with Crippen molar-refractivity contribution in [3.63, 3.8) is 0 Å². The smallest absolute Gasteiger partial charge is 0.341 e. The molecule has 0 bridgehead atoms. The van der Waals surface area contributed by atoms with Crippen molar-refractivity contribution in [3.05, 3.63) is 39.9 Å². The van der Waals surface area contributed by atoms with E-state index in [1.165, 1.54) is 12.3 Å². The molecular formula is C23H29FN4O5S. The summed E-state index contributed by atoms with van der Waals surface area (Å²) in [5.74, 6) is -1.83. The molecule has 11 heteroatoms. The number of piperazine rings is 1. The number of thiocarbonyl (C=S) groups is 1. The standard InChI is InChI=1S/C23H29FN4O5S/c1-32-10-11-33-9-4-25-23(34)27-7-5-26(6-8-27)20-13-19-16(12-18(20)24)21(29)17(22(30)31)14-28(19)15-2-3-15/h12-15H,2-11H2,1H3,(H,25,34)(H,30,31). The van der Waals surface area contributed by atoms with Gasteiger partial charge in [-0.15, -0.1) is 0 Å². The van der Waals surface area contributed by atoms with E-state index >= 15 is 4.39 Å². The van der Waals surface area contributed by atoms with Gasteiger partial charge in [0.05, 0.1) is 31.0 Å². The van der Waals surface area contributed by atoms with E-state index in [0.29, 0.717) is 68.9 Å². The van der Waals surface area contributed by atoms with Gasteiger partial charge in [0.1, 0.15) is 11.4 Å². The average molecular weight is 493 g/mol. The number of pyridine rings is 1. The molecule has 1 aromatic carbocycles. The summed E-state index contributed by atoms with van der Waals surface area (Å²) in [7, 11) is 1.63. The molecule has 4 rings (SSSR count). The van der Waals surface area contributed by atoms with Gasteiger partial charge in [0.15, 0.2) is 5.11 Å². The maximum Gasteiger partial charge on any atom is 0.341 e. The van der Waals surface area contributed by atoms with Crippen LogP contribution in [0.2, 0.25) is 0 Å². The highest BCUT2D eigenvalue weighted by Gasteiger charge is 2.28. The second-order valence-electron chi connectivity index (χ2n) is 8.45. The molecule has 2 fully saturated rings. The number of halogens is 1. The fourth-order valence-electron chi connectivity index (χ4n) is 4.14. The van der Waals surface area contributed by atoms with Crippen LogP contribution in [0.3, 0.4) is 0 Å². The lowest BCUT2D eigenvalue weighted by molar-refractivity contribution is 0.0695. The van der Waals surface area contributed by atoms with Crippen LogP contribution in [0, 0.1) is 5.82 Å². The number of carboxylic acids is 1. The van der Waals surface area contributed by atoms with Crippen LogP contribution in [0.5, 0.6) is 0 Å². The second kappa shape index (κ2) is 10.7. The van der Waals surface area contributed by atoms with Crippen molar-refractivity contribution in [2.75, 3.05) is 64.6 Å². The fourth-order valence-corrected chi connectivity index (χ4v) is 4.43. The van der Waals surface area contributed by atoms with Crippen molar-refractivity contribution in [1.82, 2.24) is 14.8 Å². The van der Waals surface area contributed by atoms with Gasteiger partial charge in [-0.2, -0.15) is 0 Å². The number of anilines is 1. The first kappa shape index (κ1) is 24.4. The van der Waals surface area contributed by atoms with Crippen molar-refractivity contribution in [1.29, 1.82) is 0 Å². The lowest BCUT2D eigenvalue weighted by Crippen LogP contribution is -2.52. The van der Waals surface area contributed by atoms with Crippen LogP contribution < -0.4 is 15.6 Å². The number of methoxy groups -OCH3 is 1. The number of hydrogen-bond acceptors (Lipinski definition) is 6. The maximum absolute atomic E-state index is 15.1. The summed E-state index contributed by atoms with van der Waals surface area (Å²) >= 11 is 5.48. The van der Waals surface area contributed by atoms with Crippen LogP contribution in [0.25, 0.3) is 10.9 Å². The Balaban J connectivity index is 1.45. The van der Waals surface area contributed by atoms with Gasteiger partial charge in [-0.1, -0.05) is 0 Å². The minimum Gasteiger partial charge on any atom is -0.477 e. The first-order valence-corrected chi connectivity index (χ1v) is 11.8. The summed E-state index contributed by atoms with van der Waals surface area (Å²) in [6.07, 6.45) is 3.21. The fraction of sp³-hybridized carbons (Fsp3) is 0.522. The number of rotatable bonds is 9. The predicted octanol–water partition coefficient (Wildman–Crippen LogP) is 1.83. The Labute approximate surface area is 202 Å². The molecule has 1 aliphatic carbocycles. The number of aromatic carboxylic acids is 1. The highest BCUT2D eigenvalue weighted by Crippen LogP contribution is 2.38.